The molecule has 3 rings (SSSR count). The minimum atomic E-state index is 0.258. The van der Waals surface area contributed by atoms with Crippen molar-refractivity contribution in [3.63, 3.8) is 0 Å². The molecule has 1 unspecified atom stereocenters. The normalized spacial score (nSPS) is 29.7. The van der Waals surface area contributed by atoms with Crippen molar-refractivity contribution in [3.05, 3.63) is 18.2 Å². The summed E-state index contributed by atoms with van der Waals surface area (Å²) in [5, 5.41) is 3.49. The highest BCUT2D eigenvalue weighted by Gasteiger charge is 2.41. The van der Waals surface area contributed by atoms with Gasteiger partial charge in [0.2, 0.25) is 0 Å². The molecule has 1 saturated carbocycles. The minimum absolute atomic E-state index is 0.258. The maximum atomic E-state index is 4.43. The second-order valence-corrected chi connectivity index (χ2v) is 6.87. The lowest BCUT2D eigenvalue weighted by atomic mass is 9.75. The number of imidazole rings is 1. The van der Waals surface area contributed by atoms with Gasteiger partial charge in [-0.15, -0.1) is 0 Å². The van der Waals surface area contributed by atoms with E-state index in [9.17, 15) is 0 Å². The fraction of sp³-hybridized carbons (Fsp3) is 0.800. The van der Waals surface area contributed by atoms with Crippen LogP contribution in [-0.2, 0) is 12.0 Å². The van der Waals surface area contributed by atoms with Crippen LogP contribution >= 0.6 is 0 Å². The Morgan fingerprint density at radius 3 is 2.68 bits per heavy atom. The number of likely N-dealkylation sites (N-methyl/N-ethyl adjacent to an activating group) is 1. The summed E-state index contributed by atoms with van der Waals surface area (Å²) in [7, 11) is 4.43. The zero-order valence-corrected chi connectivity index (χ0v) is 12.4. The Morgan fingerprint density at radius 2 is 2.16 bits per heavy atom. The predicted molar refractivity (Wildman–Crippen MR) is 77.3 cm³/mol. The van der Waals surface area contributed by atoms with Gasteiger partial charge in [0.05, 0.1) is 6.33 Å². The predicted octanol–water partition coefficient (Wildman–Crippen LogP) is 1.62. The van der Waals surface area contributed by atoms with E-state index in [2.05, 4.69) is 47.0 Å². The first kappa shape index (κ1) is 13.1. The molecule has 4 heteroatoms. The molecule has 1 atom stereocenters. The summed E-state index contributed by atoms with van der Waals surface area (Å²) in [6.07, 6.45) is 9.31. The van der Waals surface area contributed by atoms with Crippen molar-refractivity contribution in [2.75, 3.05) is 27.2 Å². The molecule has 1 aliphatic heterocycles. The first-order valence-corrected chi connectivity index (χ1v) is 7.45. The van der Waals surface area contributed by atoms with E-state index in [0.29, 0.717) is 5.54 Å². The Morgan fingerprint density at radius 1 is 1.37 bits per heavy atom. The molecule has 1 aromatic heterocycles. The van der Waals surface area contributed by atoms with Gasteiger partial charge in [0.15, 0.2) is 0 Å². The summed E-state index contributed by atoms with van der Waals surface area (Å²) in [6, 6.07) is 0. The van der Waals surface area contributed by atoms with Gasteiger partial charge in [-0.25, -0.2) is 4.98 Å². The molecule has 2 heterocycles. The van der Waals surface area contributed by atoms with Gasteiger partial charge in [-0.2, -0.15) is 0 Å². The summed E-state index contributed by atoms with van der Waals surface area (Å²) < 4.78 is 2.41. The molecule has 0 aromatic carbocycles. The molecule has 1 N–H and O–H groups in total. The van der Waals surface area contributed by atoms with Gasteiger partial charge in [-0.3, -0.25) is 0 Å². The van der Waals surface area contributed by atoms with Gasteiger partial charge < -0.3 is 14.8 Å². The third-order valence-electron chi connectivity index (χ3n) is 5.40. The molecule has 106 valence electrons. The zero-order valence-electron chi connectivity index (χ0n) is 12.4. The van der Waals surface area contributed by atoms with E-state index in [-0.39, 0.29) is 5.41 Å². The Hall–Kier alpha value is -0.870. The smallest absolute Gasteiger partial charge is 0.0949 e. The average molecular weight is 262 g/mol. The van der Waals surface area contributed by atoms with Crippen LogP contribution < -0.4 is 5.32 Å². The monoisotopic (exact) mass is 262 g/mol. The SMILES string of the molecule is CN(C)C1(Cn2cncc2C2(C)CCNC2)CCC1. The van der Waals surface area contributed by atoms with Gasteiger partial charge in [0, 0.05) is 35.9 Å². The summed E-state index contributed by atoms with van der Waals surface area (Å²) in [5.41, 5.74) is 2.02. The third kappa shape index (κ3) is 2.11. The number of aromatic nitrogens is 2. The van der Waals surface area contributed by atoms with Crippen LogP contribution in [0.2, 0.25) is 0 Å². The van der Waals surface area contributed by atoms with Gasteiger partial charge in [-0.1, -0.05) is 6.92 Å². The fourth-order valence-corrected chi connectivity index (χ4v) is 3.63. The van der Waals surface area contributed by atoms with E-state index < -0.39 is 0 Å². The Kier molecular flexibility index (Phi) is 3.18. The van der Waals surface area contributed by atoms with Gasteiger partial charge in [0.1, 0.15) is 0 Å². The fourth-order valence-electron chi connectivity index (χ4n) is 3.63. The second-order valence-electron chi connectivity index (χ2n) is 6.87. The number of rotatable bonds is 4. The van der Waals surface area contributed by atoms with Crippen molar-refractivity contribution in [2.45, 2.75) is 50.1 Å². The maximum absolute atomic E-state index is 4.43. The van der Waals surface area contributed by atoms with Crippen LogP contribution in [0.15, 0.2) is 12.5 Å². The molecule has 19 heavy (non-hydrogen) atoms. The van der Waals surface area contributed by atoms with Crippen molar-refractivity contribution in [1.82, 2.24) is 19.8 Å². The van der Waals surface area contributed by atoms with Crippen LogP contribution in [-0.4, -0.2) is 47.2 Å². The van der Waals surface area contributed by atoms with Crippen LogP contribution in [0.25, 0.3) is 0 Å². The molecular weight excluding hydrogens is 236 g/mol. The standard InChI is InChI=1S/C15H26N4/c1-14(7-8-16-10-14)13-9-17-12-19(13)11-15(18(2)3)5-4-6-15/h9,12,16H,4-8,10-11H2,1-3H3. The second kappa shape index (κ2) is 4.60. The molecule has 2 aliphatic rings. The molecule has 0 bridgehead atoms. The van der Waals surface area contributed by atoms with Gasteiger partial charge >= 0.3 is 0 Å². The summed E-state index contributed by atoms with van der Waals surface area (Å²) in [5.74, 6) is 0. The summed E-state index contributed by atoms with van der Waals surface area (Å²) in [6.45, 7) is 5.66. The topological polar surface area (TPSA) is 33.1 Å². The lowest BCUT2D eigenvalue weighted by Gasteiger charge is -2.48. The highest BCUT2D eigenvalue weighted by molar-refractivity contribution is 5.18. The summed E-state index contributed by atoms with van der Waals surface area (Å²) in [4.78, 5) is 6.84. The Bertz CT molecular complexity index is 439. The highest BCUT2D eigenvalue weighted by atomic mass is 15.2. The van der Waals surface area contributed by atoms with Crippen molar-refractivity contribution in [2.24, 2.45) is 0 Å². The van der Waals surface area contributed by atoms with E-state index in [1.165, 1.54) is 31.4 Å². The van der Waals surface area contributed by atoms with E-state index in [1.54, 1.807) is 0 Å². The van der Waals surface area contributed by atoms with Crippen LogP contribution in [0.5, 0.6) is 0 Å². The Balaban J connectivity index is 1.84. The molecule has 1 aromatic rings. The van der Waals surface area contributed by atoms with Crippen molar-refractivity contribution < 1.29 is 0 Å². The largest absolute Gasteiger partial charge is 0.332 e. The quantitative estimate of drug-likeness (QED) is 0.895. The maximum Gasteiger partial charge on any atom is 0.0949 e. The van der Waals surface area contributed by atoms with E-state index in [1.807, 2.05) is 6.33 Å². The average Bonchev–Trinajstić information content (AvgIpc) is 2.92. The lowest BCUT2D eigenvalue weighted by molar-refractivity contribution is 0.0409. The van der Waals surface area contributed by atoms with Crippen molar-refractivity contribution in [3.8, 4) is 0 Å². The van der Waals surface area contributed by atoms with Crippen LogP contribution in [0.1, 0.15) is 38.3 Å². The van der Waals surface area contributed by atoms with Crippen LogP contribution in [0.4, 0.5) is 0 Å². The third-order valence-corrected chi connectivity index (χ3v) is 5.40. The molecule has 0 spiro atoms. The lowest BCUT2D eigenvalue weighted by Crippen LogP contribution is -2.53. The number of nitrogens with one attached hydrogen (secondary N) is 1. The molecule has 1 saturated heterocycles. The van der Waals surface area contributed by atoms with Crippen LogP contribution in [0, 0.1) is 0 Å². The van der Waals surface area contributed by atoms with E-state index >= 15 is 0 Å². The van der Waals surface area contributed by atoms with E-state index in [0.717, 1.165) is 19.6 Å². The highest BCUT2D eigenvalue weighted by Crippen LogP contribution is 2.39. The molecule has 4 nitrogen and oxygen atoms in total. The first-order valence-electron chi connectivity index (χ1n) is 7.45. The van der Waals surface area contributed by atoms with E-state index in [4.69, 9.17) is 0 Å². The van der Waals surface area contributed by atoms with Crippen molar-refractivity contribution in [1.29, 1.82) is 0 Å². The van der Waals surface area contributed by atoms with Crippen LogP contribution in [0.3, 0.4) is 0 Å². The number of hydrogen-bond acceptors (Lipinski definition) is 3. The summed E-state index contributed by atoms with van der Waals surface area (Å²) >= 11 is 0. The van der Waals surface area contributed by atoms with Gasteiger partial charge in [0.25, 0.3) is 0 Å². The van der Waals surface area contributed by atoms with Gasteiger partial charge in [-0.05, 0) is 46.3 Å². The molecule has 1 aliphatic carbocycles. The van der Waals surface area contributed by atoms with Crippen molar-refractivity contribution >= 4 is 0 Å². The zero-order chi connectivity index (χ0) is 13.5. The number of hydrogen-bond donors (Lipinski definition) is 1. The number of nitrogens with zero attached hydrogens (tertiary/aromatic N) is 3. The first-order chi connectivity index (χ1) is 9.06. The minimum Gasteiger partial charge on any atom is -0.332 e. The molecule has 0 radical (unpaired) electrons. The Labute approximate surface area is 116 Å². The molecular formula is C15H26N4. The molecule has 0 amide bonds. The molecule has 2 fully saturated rings.